The maximum absolute atomic E-state index is 13.0. The Hall–Kier alpha value is -1.72. The monoisotopic (exact) mass is 421 g/mol. The maximum Gasteiger partial charge on any atom is 0.147 e. The Morgan fingerprint density at radius 2 is 1.68 bits per heavy atom. The molecule has 1 aromatic carbocycles. The molecule has 4 aliphatic carbocycles. The number of hydrogen-bond acceptors (Lipinski definition) is 4. The van der Waals surface area contributed by atoms with Gasteiger partial charge in [-0.3, -0.25) is 9.69 Å². The third-order valence-corrected chi connectivity index (χ3v) is 8.92. The molecule has 0 unspecified atom stereocenters. The van der Waals surface area contributed by atoms with E-state index in [1.165, 1.54) is 38.5 Å². The first-order chi connectivity index (χ1) is 15.0. The number of carbonyl (C=O) groups is 1. The number of imidazole rings is 1. The number of piperidine rings is 1. The summed E-state index contributed by atoms with van der Waals surface area (Å²) >= 11 is 0. The van der Waals surface area contributed by atoms with Crippen LogP contribution in [0.2, 0.25) is 0 Å². The second-order valence-corrected chi connectivity index (χ2v) is 11.5. The topological polar surface area (TPSA) is 58.4 Å². The molecule has 4 saturated carbocycles. The lowest BCUT2D eigenvalue weighted by Gasteiger charge is -2.56. The summed E-state index contributed by atoms with van der Waals surface area (Å²) in [6, 6.07) is 8.08. The Morgan fingerprint density at radius 1 is 1.03 bits per heavy atom. The molecule has 4 bridgehead atoms. The Kier molecular flexibility index (Phi) is 4.77. The van der Waals surface area contributed by atoms with Crippen molar-refractivity contribution < 1.29 is 9.90 Å². The van der Waals surface area contributed by atoms with E-state index >= 15 is 0 Å². The summed E-state index contributed by atoms with van der Waals surface area (Å²) in [5, 5.41) is 11.2. The fraction of sp³-hybridized carbons (Fsp3) is 0.692. The zero-order chi connectivity index (χ0) is 21.1. The molecule has 166 valence electrons. The van der Waals surface area contributed by atoms with Crippen molar-refractivity contribution in [3.8, 4) is 0 Å². The van der Waals surface area contributed by atoms with Gasteiger partial charge < -0.3 is 9.67 Å². The van der Waals surface area contributed by atoms with Gasteiger partial charge in [0.05, 0.1) is 36.1 Å². The smallest absolute Gasteiger partial charge is 0.147 e. The van der Waals surface area contributed by atoms with Gasteiger partial charge in [0.2, 0.25) is 0 Å². The first-order valence-electron chi connectivity index (χ1n) is 12.3. The van der Waals surface area contributed by atoms with Crippen LogP contribution in [-0.2, 0) is 11.3 Å². The normalized spacial score (nSPS) is 34.4. The highest BCUT2D eigenvalue weighted by Crippen LogP contribution is 2.61. The average Bonchev–Trinajstić information content (AvgIpc) is 3.11. The van der Waals surface area contributed by atoms with Gasteiger partial charge in [-0.25, -0.2) is 4.98 Å². The lowest BCUT2D eigenvalue weighted by Crippen LogP contribution is -2.50. The molecule has 31 heavy (non-hydrogen) atoms. The van der Waals surface area contributed by atoms with Crippen LogP contribution in [0, 0.1) is 23.2 Å². The van der Waals surface area contributed by atoms with Crippen LogP contribution in [0.3, 0.4) is 0 Å². The van der Waals surface area contributed by atoms with E-state index < -0.39 is 5.60 Å². The first kappa shape index (κ1) is 19.9. The molecular weight excluding hydrogens is 386 g/mol. The summed E-state index contributed by atoms with van der Waals surface area (Å²) < 4.78 is 2.07. The van der Waals surface area contributed by atoms with Gasteiger partial charge in [-0.05, 0) is 86.7 Å². The van der Waals surface area contributed by atoms with Crippen molar-refractivity contribution >= 4 is 16.8 Å². The number of fused-ring (bicyclic) bond motifs is 1. The van der Waals surface area contributed by atoms with E-state index in [1.807, 2.05) is 24.5 Å². The van der Waals surface area contributed by atoms with Gasteiger partial charge >= 0.3 is 0 Å². The van der Waals surface area contributed by atoms with Crippen molar-refractivity contribution in [2.45, 2.75) is 69.9 Å². The Labute approximate surface area is 184 Å². The number of likely N-dealkylation sites (tertiary alicyclic amines) is 1. The van der Waals surface area contributed by atoms with Crippen molar-refractivity contribution in [3.05, 3.63) is 30.6 Å². The number of nitrogens with zero attached hydrogens (tertiary/aromatic N) is 3. The minimum absolute atomic E-state index is 0.338. The first-order valence-corrected chi connectivity index (χ1v) is 12.3. The molecule has 1 aromatic heterocycles. The zero-order valence-electron chi connectivity index (χ0n) is 18.5. The van der Waals surface area contributed by atoms with Crippen LogP contribution < -0.4 is 0 Å². The van der Waals surface area contributed by atoms with E-state index in [2.05, 4.69) is 20.5 Å². The number of carbonyl (C=O) groups excluding carboxylic acids is 1. The number of Topliss-reactive ketones (excluding diaryl/α,β-unsaturated/α-hetero) is 1. The SMILES string of the molecule is O=C(CN1CCC(O)(Cn2cnc3ccccc32)CC1)CC12CC3CC(CC(C3)C1)C2. The number of rotatable bonds is 6. The van der Waals surface area contributed by atoms with Crippen molar-refractivity contribution in [3.63, 3.8) is 0 Å². The van der Waals surface area contributed by atoms with Gasteiger partial charge in [0.15, 0.2) is 0 Å². The quantitative estimate of drug-likeness (QED) is 0.765. The molecule has 0 spiro atoms. The van der Waals surface area contributed by atoms with Crippen molar-refractivity contribution in [2.75, 3.05) is 19.6 Å². The third kappa shape index (κ3) is 3.84. The van der Waals surface area contributed by atoms with Gasteiger partial charge in [-0.2, -0.15) is 0 Å². The molecule has 5 heteroatoms. The van der Waals surface area contributed by atoms with Crippen LogP contribution in [0.4, 0.5) is 0 Å². The summed E-state index contributed by atoms with van der Waals surface area (Å²) in [5.41, 5.74) is 1.66. The number of aliphatic hydroxyl groups is 1. The van der Waals surface area contributed by atoms with E-state index in [0.29, 0.717) is 37.1 Å². The highest BCUT2D eigenvalue weighted by Gasteiger charge is 2.51. The lowest BCUT2D eigenvalue weighted by molar-refractivity contribution is -0.129. The molecular formula is C26H35N3O2. The maximum atomic E-state index is 13.0. The number of hydrogen-bond donors (Lipinski definition) is 1. The van der Waals surface area contributed by atoms with Crippen LogP contribution in [-0.4, -0.2) is 50.6 Å². The number of ketones is 1. The molecule has 1 saturated heterocycles. The zero-order valence-corrected chi connectivity index (χ0v) is 18.5. The summed E-state index contributed by atoms with van der Waals surface area (Å²) in [6.07, 6.45) is 12.3. The predicted molar refractivity (Wildman–Crippen MR) is 121 cm³/mol. The predicted octanol–water partition coefficient (Wildman–Crippen LogP) is 4.04. The summed E-state index contributed by atoms with van der Waals surface area (Å²) in [6.45, 7) is 2.75. The molecule has 5 aliphatic rings. The summed E-state index contributed by atoms with van der Waals surface area (Å²) in [5.74, 6) is 3.16. The number of para-hydroxylation sites is 2. The van der Waals surface area contributed by atoms with Crippen LogP contribution >= 0.6 is 0 Å². The molecule has 1 N–H and O–H groups in total. The fourth-order valence-corrected chi connectivity index (χ4v) is 7.97. The summed E-state index contributed by atoms with van der Waals surface area (Å²) in [4.78, 5) is 19.8. The standard InChI is InChI=1S/C26H35N3O2/c30-22(15-25-12-19-9-20(13-25)11-21(10-19)14-25)16-28-7-5-26(31,6-8-28)17-29-18-27-23-3-1-2-4-24(23)29/h1-4,18-21,31H,5-17H2. The van der Waals surface area contributed by atoms with Gasteiger partial charge in [0.25, 0.3) is 0 Å². The largest absolute Gasteiger partial charge is 0.388 e. The van der Waals surface area contributed by atoms with Crippen molar-refractivity contribution in [1.29, 1.82) is 0 Å². The minimum Gasteiger partial charge on any atom is -0.388 e. The molecule has 2 heterocycles. The second-order valence-electron chi connectivity index (χ2n) is 11.5. The highest BCUT2D eigenvalue weighted by atomic mass is 16.3. The third-order valence-electron chi connectivity index (χ3n) is 8.92. The number of aromatic nitrogens is 2. The molecule has 2 aromatic rings. The Morgan fingerprint density at radius 3 is 2.35 bits per heavy atom. The number of benzene rings is 1. The Bertz CT molecular complexity index is 937. The lowest BCUT2D eigenvalue weighted by atomic mass is 9.48. The van der Waals surface area contributed by atoms with Gasteiger partial charge in [0.1, 0.15) is 5.78 Å². The fourth-order valence-electron chi connectivity index (χ4n) is 7.97. The molecule has 5 nitrogen and oxygen atoms in total. The van der Waals surface area contributed by atoms with Gasteiger partial charge in [0, 0.05) is 19.5 Å². The summed E-state index contributed by atoms with van der Waals surface area (Å²) in [7, 11) is 0. The van der Waals surface area contributed by atoms with Crippen molar-refractivity contribution in [2.24, 2.45) is 23.2 Å². The van der Waals surface area contributed by atoms with Gasteiger partial charge in [-0.1, -0.05) is 12.1 Å². The van der Waals surface area contributed by atoms with E-state index in [0.717, 1.165) is 48.3 Å². The highest BCUT2D eigenvalue weighted by molar-refractivity contribution is 5.81. The molecule has 5 fully saturated rings. The molecule has 7 rings (SSSR count). The Balaban J connectivity index is 1.04. The molecule has 0 atom stereocenters. The molecule has 0 radical (unpaired) electrons. The molecule has 1 aliphatic heterocycles. The van der Waals surface area contributed by atoms with E-state index in [1.54, 1.807) is 0 Å². The van der Waals surface area contributed by atoms with Crippen LogP contribution in [0.25, 0.3) is 11.0 Å². The van der Waals surface area contributed by atoms with E-state index in [9.17, 15) is 9.90 Å². The second kappa shape index (κ2) is 7.41. The van der Waals surface area contributed by atoms with Gasteiger partial charge in [-0.15, -0.1) is 0 Å². The molecule has 0 amide bonds. The van der Waals surface area contributed by atoms with Crippen LogP contribution in [0.5, 0.6) is 0 Å². The van der Waals surface area contributed by atoms with E-state index in [-0.39, 0.29) is 0 Å². The van der Waals surface area contributed by atoms with Crippen LogP contribution in [0.15, 0.2) is 30.6 Å². The minimum atomic E-state index is -0.719. The average molecular weight is 422 g/mol. The van der Waals surface area contributed by atoms with Crippen LogP contribution in [0.1, 0.15) is 57.8 Å². The van der Waals surface area contributed by atoms with Crippen molar-refractivity contribution in [1.82, 2.24) is 14.5 Å². The van der Waals surface area contributed by atoms with E-state index in [4.69, 9.17) is 0 Å².